The summed E-state index contributed by atoms with van der Waals surface area (Å²) in [6.07, 6.45) is 0.635. The van der Waals surface area contributed by atoms with Crippen LogP contribution in [0.25, 0.3) is 0 Å². The van der Waals surface area contributed by atoms with Gasteiger partial charge in [-0.3, -0.25) is 0 Å². The lowest BCUT2D eigenvalue weighted by Crippen LogP contribution is -2.41. The fourth-order valence-corrected chi connectivity index (χ4v) is 4.53. The standard InChI is InChI=1S/C28H25N5/c29-26(21-22-13-5-1-6-14-22)27-30-31-32-33(27)28(23-15-7-2-8-16-23,24-17-9-3-10-18-24)25-19-11-4-12-20-25/h1-20,26H,21,29H2/t26-/m0/s1. The highest BCUT2D eigenvalue weighted by Gasteiger charge is 2.42. The van der Waals surface area contributed by atoms with Crippen LogP contribution in [0, 0.1) is 0 Å². The predicted octanol–water partition coefficient (Wildman–Crippen LogP) is 4.76. The van der Waals surface area contributed by atoms with E-state index >= 15 is 0 Å². The van der Waals surface area contributed by atoms with Gasteiger partial charge in [0.2, 0.25) is 0 Å². The van der Waals surface area contributed by atoms with Crippen LogP contribution in [0.2, 0.25) is 0 Å². The lowest BCUT2D eigenvalue weighted by atomic mass is 9.77. The van der Waals surface area contributed by atoms with Gasteiger partial charge in [0.15, 0.2) is 5.82 Å². The van der Waals surface area contributed by atoms with Crippen LogP contribution in [-0.4, -0.2) is 20.2 Å². The first kappa shape index (κ1) is 20.8. The van der Waals surface area contributed by atoms with Crippen molar-refractivity contribution in [2.24, 2.45) is 5.73 Å². The molecule has 0 aliphatic rings. The summed E-state index contributed by atoms with van der Waals surface area (Å²) in [6.45, 7) is 0. The number of hydrogen-bond acceptors (Lipinski definition) is 4. The minimum absolute atomic E-state index is 0.377. The molecule has 0 saturated carbocycles. The van der Waals surface area contributed by atoms with Crippen molar-refractivity contribution in [2.75, 3.05) is 0 Å². The zero-order valence-electron chi connectivity index (χ0n) is 18.2. The van der Waals surface area contributed by atoms with E-state index in [4.69, 9.17) is 5.73 Å². The van der Waals surface area contributed by atoms with Crippen molar-refractivity contribution in [3.63, 3.8) is 0 Å². The SMILES string of the molecule is N[C@@H](Cc1ccccc1)c1nnnn1C(c1ccccc1)(c1ccccc1)c1ccccc1. The lowest BCUT2D eigenvalue weighted by molar-refractivity contribution is 0.415. The van der Waals surface area contributed by atoms with E-state index in [2.05, 4.69) is 64.1 Å². The third-order valence-electron chi connectivity index (χ3n) is 6.02. The first-order chi connectivity index (χ1) is 16.3. The Labute approximate surface area is 193 Å². The normalized spacial score (nSPS) is 12.4. The Balaban J connectivity index is 1.76. The highest BCUT2D eigenvalue weighted by atomic mass is 15.6. The van der Waals surface area contributed by atoms with Gasteiger partial charge in [-0.05, 0) is 39.1 Å². The van der Waals surface area contributed by atoms with Gasteiger partial charge in [-0.15, -0.1) is 5.10 Å². The first-order valence-corrected chi connectivity index (χ1v) is 11.0. The number of nitrogens with two attached hydrogens (primary N) is 1. The summed E-state index contributed by atoms with van der Waals surface area (Å²) in [4.78, 5) is 0. The molecular formula is C28H25N5. The molecule has 0 aliphatic heterocycles. The van der Waals surface area contributed by atoms with Gasteiger partial charge in [-0.2, -0.15) is 0 Å². The average Bonchev–Trinajstić information content (AvgIpc) is 3.38. The summed E-state index contributed by atoms with van der Waals surface area (Å²) < 4.78 is 1.90. The van der Waals surface area contributed by atoms with Crippen molar-refractivity contribution in [2.45, 2.75) is 18.0 Å². The topological polar surface area (TPSA) is 69.6 Å². The molecule has 0 unspecified atom stereocenters. The molecule has 0 radical (unpaired) electrons. The van der Waals surface area contributed by atoms with Gasteiger partial charge in [-0.25, -0.2) is 4.68 Å². The van der Waals surface area contributed by atoms with Crippen molar-refractivity contribution in [1.29, 1.82) is 0 Å². The van der Waals surface area contributed by atoms with E-state index in [9.17, 15) is 0 Å². The molecule has 0 fully saturated rings. The summed E-state index contributed by atoms with van der Waals surface area (Å²) in [5.41, 5.74) is 10.3. The quantitative estimate of drug-likeness (QED) is 0.377. The first-order valence-electron chi connectivity index (χ1n) is 11.0. The maximum atomic E-state index is 6.74. The highest BCUT2D eigenvalue weighted by molar-refractivity contribution is 5.50. The van der Waals surface area contributed by atoms with E-state index in [1.54, 1.807) is 0 Å². The Bertz CT molecular complexity index is 1190. The number of tetrazole rings is 1. The summed E-state index contributed by atoms with van der Waals surface area (Å²) in [6, 6.07) is 40.9. The molecule has 5 rings (SSSR count). The zero-order valence-corrected chi connectivity index (χ0v) is 18.2. The van der Waals surface area contributed by atoms with E-state index in [1.807, 2.05) is 77.5 Å². The van der Waals surface area contributed by atoms with Gasteiger partial charge in [0, 0.05) is 0 Å². The number of rotatable bonds is 7. The molecule has 0 spiro atoms. The third kappa shape index (κ3) is 3.83. The highest BCUT2D eigenvalue weighted by Crippen LogP contribution is 2.41. The van der Waals surface area contributed by atoms with Crippen LogP contribution in [-0.2, 0) is 12.0 Å². The largest absolute Gasteiger partial charge is 0.321 e. The second-order valence-corrected chi connectivity index (χ2v) is 8.05. The van der Waals surface area contributed by atoms with Crippen LogP contribution in [0.3, 0.4) is 0 Å². The zero-order chi connectivity index (χ0) is 22.5. The van der Waals surface area contributed by atoms with Crippen LogP contribution in [0.1, 0.15) is 34.1 Å². The van der Waals surface area contributed by atoms with E-state index in [0.29, 0.717) is 12.2 Å². The molecule has 0 aliphatic carbocycles. The van der Waals surface area contributed by atoms with Crippen molar-refractivity contribution in [1.82, 2.24) is 20.2 Å². The van der Waals surface area contributed by atoms with Crippen LogP contribution in [0.15, 0.2) is 121 Å². The van der Waals surface area contributed by atoms with Gasteiger partial charge in [-0.1, -0.05) is 121 Å². The maximum absolute atomic E-state index is 6.74. The predicted molar refractivity (Wildman–Crippen MR) is 129 cm³/mol. The summed E-state index contributed by atoms with van der Waals surface area (Å²) >= 11 is 0. The molecule has 162 valence electrons. The second kappa shape index (κ2) is 9.18. The molecule has 5 aromatic rings. The summed E-state index contributed by atoms with van der Waals surface area (Å²) in [5, 5.41) is 13.1. The van der Waals surface area contributed by atoms with E-state index < -0.39 is 5.54 Å². The molecule has 5 nitrogen and oxygen atoms in total. The minimum Gasteiger partial charge on any atom is -0.321 e. The Morgan fingerprint density at radius 2 is 1.06 bits per heavy atom. The van der Waals surface area contributed by atoms with Crippen molar-refractivity contribution < 1.29 is 0 Å². The van der Waals surface area contributed by atoms with E-state index in [0.717, 1.165) is 22.3 Å². The molecule has 0 amide bonds. The third-order valence-corrected chi connectivity index (χ3v) is 6.02. The molecule has 2 N–H and O–H groups in total. The molecule has 1 aromatic heterocycles. The Morgan fingerprint density at radius 3 is 1.52 bits per heavy atom. The Kier molecular flexibility index (Phi) is 5.79. The van der Waals surface area contributed by atoms with Crippen LogP contribution < -0.4 is 5.73 Å². The fourth-order valence-electron chi connectivity index (χ4n) is 4.53. The van der Waals surface area contributed by atoms with Gasteiger partial charge in [0.25, 0.3) is 0 Å². The summed E-state index contributed by atoms with van der Waals surface area (Å²) in [5.74, 6) is 0.635. The molecule has 0 bridgehead atoms. The number of aromatic nitrogens is 4. The molecular weight excluding hydrogens is 406 g/mol. The molecule has 0 saturated heterocycles. The van der Waals surface area contributed by atoms with Gasteiger partial charge < -0.3 is 5.73 Å². The Morgan fingerprint density at radius 1 is 0.636 bits per heavy atom. The second-order valence-electron chi connectivity index (χ2n) is 8.05. The lowest BCUT2D eigenvalue weighted by Gasteiger charge is -2.37. The van der Waals surface area contributed by atoms with Crippen LogP contribution in [0.4, 0.5) is 0 Å². The Hall–Kier alpha value is -4.09. The monoisotopic (exact) mass is 431 g/mol. The van der Waals surface area contributed by atoms with Crippen molar-refractivity contribution >= 4 is 0 Å². The van der Waals surface area contributed by atoms with Gasteiger partial charge in [0.05, 0.1) is 6.04 Å². The van der Waals surface area contributed by atoms with Crippen LogP contribution in [0.5, 0.6) is 0 Å². The maximum Gasteiger partial charge on any atom is 0.170 e. The van der Waals surface area contributed by atoms with E-state index in [-0.39, 0.29) is 6.04 Å². The average molecular weight is 432 g/mol. The number of hydrogen-bond donors (Lipinski definition) is 1. The van der Waals surface area contributed by atoms with Crippen molar-refractivity contribution in [3.05, 3.63) is 149 Å². The summed E-state index contributed by atoms with van der Waals surface area (Å²) in [7, 11) is 0. The smallest absolute Gasteiger partial charge is 0.170 e. The van der Waals surface area contributed by atoms with Crippen molar-refractivity contribution in [3.8, 4) is 0 Å². The molecule has 33 heavy (non-hydrogen) atoms. The van der Waals surface area contributed by atoms with Gasteiger partial charge in [0.1, 0.15) is 5.54 Å². The van der Waals surface area contributed by atoms with E-state index in [1.165, 1.54) is 0 Å². The minimum atomic E-state index is -0.781. The number of benzene rings is 4. The van der Waals surface area contributed by atoms with Gasteiger partial charge >= 0.3 is 0 Å². The molecule has 4 aromatic carbocycles. The molecule has 1 atom stereocenters. The fraction of sp³-hybridized carbons (Fsp3) is 0.107. The molecule has 5 heteroatoms. The van der Waals surface area contributed by atoms with Crippen LogP contribution >= 0.6 is 0 Å². The molecule has 1 heterocycles. The number of nitrogens with zero attached hydrogens (tertiary/aromatic N) is 4.